The predicted octanol–water partition coefficient (Wildman–Crippen LogP) is 3.39. The van der Waals surface area contributed by atoms with Crippen molar-refractivity contribution >= 4 is 11.7 Å². The van der Waals surface area contributed by atoms with Gasteiger partial charge in [-0.15, -0.1) is 0 Å². The number of carboxylic acids is 1. The molecular formula is C16H18N2O2. The molecule has 20 heavy (non-hydrogen) atoms. The highest BCUT2D eigenvalue weighted by molar-refractivity contribution is 5.85. The second kappa shape index (κ2) is 6.70. The van der Waals surface area contributed by atoms with Crippen molar-refractivity contribution in [3.8, 4) is 0 Å². The van der Waals surface area contributed by atoms with Crippen LogP contribution in [0.15, 0.2) is 48.7 Å². The topological polar surface area (TPSA) is 62.2 Å². The molecular weight excluding hydrogens is 252 g/mol. The molecule has 0 fully saturated rings. The highest BCUT2D eigenvalue weighted by Gasteiger charge is 2.05. The predicted molar refractivity (Wildman–Crippen MR) is 79.2 cm³/mol. The first-order chi connectivity index (χ1) is 9.66. The molecule has 104 valence electrons. The van der Waals surface area contributed by atoms with Gasteiger partial charge >= 0.3 is 5.97 Å². The van der Waals surface area contributed by atoms with E-state index in [-0.39, 0.29) is 5.69 Å². The van der Waals surface area contributed by atoms with Gasteiger partial charge in [0.2, 0.25) is 0 Å². The van der Waals surface area contributed by atoms with Crippen LogP contribution in [0.2, 0.25) is 0 Å². The lowest BCUT2D eigenvalue weighted by atomic mass is 9.98. The number of pyridine rings is 1. The van der Waals surface area contributed by atoms with E-state index in [0.717, 1.165) is 18.7 Å². The minimum absolute atomic E-state index is 0.0632. The molecule has 0 amide bonds. The quantitative estimate of drug-likeness (QED) is 0.844. The molecule has 4 heteroatoms. The molecule has 0 aliphatic rings. The monoisotopic (exact) mass is 270 g/mol. The van der Waals surface area contributed by atoms with E-state index in [9.17, 15) is 4.79 Å². The van der Waals surface area contributed by atoms with Crippen molar-refractivity contribution in [2.45, 2.75) is 19.3 Å². The Balaban J connectivity index is 1.82. The number of carboxylic acid groups (broad SMARTS) is 1. The Morgan fingerprint density at radius 2 is 2.00 bits per heavy atom. The van der Waals surface area contributed by atoms with Gasteiger partial charge < -0.3 is 10.4 Å². The van der Waals surface area contributed by atoms with Crippen molar-refractivity contribution in [1.29, 1.82) is 0 Å². The van der Waals surface area contributed by atoms with Gasteiger partial charge in [0.1, 0.15) is 5.69 Å². The Labute approximate surface area is 118 Å². The summed E-state index contributed by atoms with van der Waals surface area (Å²) in [4.78, 5) is 14.6. The average Bonchev–Trinajstić information content (AvgIpc) is 2.48. The van der Waals surface area contributed by atoms with Crippen LogP contribution in [0.1, 0.15) is 35.3 Å². The van der Waals surface area contributed by atoms with Crippen LogP contribution in [0.25, 0.3) is 0 Å². The van der Waals surface area contributed by atoms with Crippen LogP contribution in [0.4, 0.5) is 5.69 Å². The van der Waals surface area contributed by atoms with Crippen LogP contribution in [0, 0.1) is 0 Å². The van der Waals surface area contributed by atoms with Gasteiger partial charge in [-0.25, -0.2) is 9.78 Å². The van der Waals surface area contributed by atoms with Crippen LogP contribution < -0.4 is 5.32 Å². The molecule has 0 aliphatic heterocycles. The fourth-order valence-corrected chi connectivity index (χ4v) is 2.01. The fraction of sp³-hybridized carbons (Fsp3) is 0.250. The average molecular weight is 270 g/mol. The molecule has 2 N–H and O–H groups in total. The van der Waals surface area contributed by atoms with Crippen molar-refractivity contribution in [2.24, 2.45) is 0 Å². The molecule has 2 aromatic rings. The molecule has 1 aromatic carbocycles. The SMILES string of the molecule is CC(CCNc1ccc(C(=O)O)nc1)c1ccccc1. The zero-order valence-electron chi connectivity index (χ0n) is 11.4. The fourth-order valence-electron chi connectivity index (χ4n) is 2.01. The van der Waals surface area contributed by atoms with Gasteiger partial charge in [0, 0.05) is 6.54 Å². The molecule has 2 rings (SSSR count). The van der Waals surface area contributed by atoms with E-state index in [1.54, 1.807) is 12.3 Å². The second-order valence-corrected chi connectivity index (χ2v) is 4.76. The summed E-state index contributed by atoms with van der Waals surface area (Å²) in [6, 6.07) is 13.6. The Morgan fingerprint density at radius 3 is 2.60 bits per heavy atom. The Hall–Kier alpha value is -2.36. The molecule has 1 atom stereocenters. The van der Waals surface area contributed by atoms with Gasteiger partial charge in [0.25, 0.3) is 0 Å². The lowest BCUT2D eigenvalue weighted by Crippen LogP contribution is -2.07. The highest BCUT2D eigenvalue weighted by Crippen LogP contribution is 2.18. The third-order valence-electron chi connectivity index (χ3n) is 3.26. The molecule has 4 nitrogen and oxygen atoms in total. The Kier molecular flexibility index (Phi) is 4.71. The zero-order chi connectivity index (χ0) is 14.4. The number of anilines is 1. The standard InChI is InChI=1S/C16H18N2O2/c1-12(13-5-3-2-4-6-13)9-10-17-14-7-8-15(16(19)20)18-11-14/h2-8,11-12,17H,9-10H2,1H3,(H,19,20). The number of carbonyl (C=O) groups is 1. The summed E-state index contributed by atoms with van der Waals surface area (Å²) in [7, 11) is 0. The van der Waals surface area contributed by atoms with Gasteiger partial charge in [-0.2, -0.15) is 0 Å². The Morgan fingerprint density at radius 1 is 1.25 bits per heavy atom. The maximum atomic E-state index is 10.7. The first-order valence-electron chi connectivity index (χ1n) is 6.65. The summed E-state index contributed by atoms with van der Waals surface area (Å²) in [6.45, 7) is 3.02. The molecule has 0 saturated carbocycles. The second-order valence-electron chi connectivity index (χ2n) is 4.76. The highest BCUT2D eigenvalue weighted by atomic mass is 16.4. The molecule has 0 bridgehead atoms. The maximum Gasteiger partial charge on any atom is 0.354 e. The van der Waals surface area contributed by atoms with Crippen molar-refractivity contribution in [2.75, 3.05) is 11.9 Å². The van der Waals surface area contributed by atoms with Crippen LogP contribution >= 0.6 is 0 Å². The van der Waals surface area contributed by atoms with Crippen LogP contribution in [0.5, 0.6) is 0 Å². The van der Waals surface area contributed by atoms with E-state index in [4.69, 9.17) is 5.11 Å². The molecule has 1 unspecified atom stereocenters. The van der Waals surface area contributed by atoms with E-state index in [0.29, 0.717) is 5.92 Å². The van der Waals surface area contributed by atoms with Gasteiger partial charge in [-0.1, -0.05) is 37.3 Å². The number of rotatable bonds is 6. The summed E-state index contributed by atoms with van der Waals surface area (Å²) in [6.07, 6.45) is 2.56. The number of hydrogen-bond donors (Lipinski definition) is 2. The summed E-state index contributed by atoms with van der Waals surface area (Å²) in [5, 5.41) is 12.0. The summed E-state index contributed by atoms with van der Waals surface area (Å²) in [5.41, 5.74) is 2.23. The van der Waals surface area contributed by atoms with E-state index >= 15 is 0 Å². The van der Waals surface area contributed by atoms with Crippen LogP contribution in [0.3, 0.4) is 0 Å². The van der Waals surface area contributed by atoms with Gasteiger partial charge in [0.05, 0.1) is 11.9 Å². The Bertz CT molecular complexity index is 552. The number of aromatic nitrogens is 1. The van der Waals surface area contributed by atoms with Crippen LogP contribution in [-0.2, 0) is 0 Å². The lowest BCUT2D eigenvalue weighted by molar-refractivity contribution is 0.0690. The number of hydrogen-bond acceptors (Lipinski definition) is 3. The zero-order valence-corrected chi connectivity index (χ0v) is 11.4. The number of benzene rings is 1. The summed E-state index contributed by atoms with van der Waals surface area (Å²) < 4.78 is 0. The molecule has 0 saturated heterocycles. The smallest absolute Gasteiger partial charge is 0.354 e. The summed E-state index contributed by atoms with van der Waals surface area (Å²) >= 11 is 0. The number of nitrogens with one attached hydrogen (secondary N) is 1. The van der Waals surface area contributed by atoms with Crippen molar-refractivity contribution in [3.63, 3.8) is 0 Å². The van der Waals surface area contributed by atoms with Gasteiger partial charge in [-0.3, -0.25) is 0 Å². The van der Waals surface area contributed by atoms with Gasteiger partial charge in [-0.05, 0) is 30.0 Å². The molecule has 0 spiro atoms. The van der Waals surface area contributed by atoms with Crippen molar-refractivity contribution in [3.05, 3.63) is 59.9 Å². The van der Waals surface area contributed by atoms with E-state index < -0.39 is 5.97 Å². The molecule has 1 aromatic heterocycles. The third-order valence-corrected chi connectivity index (χ3v) is 3.26. The number of aromatic carboxylic acids is 1. The van der Waals surface area contributed by atoms with E-state index in [1.807, 2.05) is 18.2 Å². The maximum absolute atomic E-state index is 10.7. The molecule has 0 radical (unpaired) electrons. The minimum atomic E-state index is -1.01. The summed E-state index contributed by atoms with van der Waals surface area (Å²) in [5.74, 6) is -0.524. The van der Waals surface area contributed by atoms with Crippen molar-refractivity contribution < 1.29 is 9.90 Å². The molecule has 0 aliphatic carbocycles. The normalized spacial score (nSPS) is 11.8. The first-order valence-corrected chi connectivity index (χ1v) is 6.65. The van der Waals surface area contributed by atoms with E-state index in [1.165, 1.54) is 11.6 Å². The number of nitrogens with zero attached hydrogens (tertiary/aromatic N) is 1. The minimum Gasteiger partial charge on any atom is -0.477 e. The van der Waals surface area contributed by atoms with E-state index in [2.05, 4.69) is 29.4 Å². The van der Waals surface area contributed by atoms with Crippen LogP contribution in [-0.4, -0.2) is 22.6 Å². The third kappa shape index (κ3) is 3.82. The lowest BCUT2D eigenvalue weighted by Gasteiger charge is -2.13. The first kappa shape index (κ1) is 14.1. The molecule has 1 heterocycles. The van der Waals surface area contributed by atoms with Gasteiger partial charge in [0.15, 0.2) is 0 Å². The van der Waals surface area contributed by atoms with Crippen molar-refractivity contribution in [1.82, 2.24) is 4.98 Å². The largest absolute Gasteiger partial charge is 0.477 e.